The van der Waals surface area contributed by atoms with E-state index in [1.54, 1.807) is 31.3 Å². The van der Waals surface area contributed by atoms with Crippen LogP contribution in [-0.2, 0) is 6.54 Å². The number of nitrogens with one attached hydrogen (secondary N) is 1. The number of nitrogens with zero attached hydrogens (tertiary/aromatic N) is 3. The fraction of sp³-hybridized carbons (Fsp3) is 0.167. The summed E-state index contributed by atoms with van der Waals surface area (Å²) in [6.45, 7) is 1.35. The molecule has 0 bridgehead atoms. The van der Waals surface area contributed by atoms with Crippen LogP contribution in [0.5, 0.6) is 11.5 Å². The average molecular weight is 468 g/mol. The number of rotatable bonds is 4. The summed E-state index contributed by atoms with van der Waals surface area (Å²) >= 11 is 0. The van der Waals surface area contributed by atoms with E-state index in [-0.39, 0.29) is 23.7 Å². The number of urea groups is 1. The molecule has 0 fully saturated rings. The number of hydrogen-bond donors (Lipinski definition) is 1. The smallest absolute Gasteiger partial charge is 0.334 e. The topological polar surface area (TPSA) is 70.7 Å². The molecule has 0 radical (unpaired) electrons. The number of ether oxygens (including phenoxy) is 2. The standard InChI is InChI=1S/C24H19F3N4O3/c1-12-5-4-6-15(18(12)25)31-21-13(10-29-23-14(21)7-8-28-23)11-30(24(31)32)22-19(26)16(33-2)9-17(34-3)20(22)27/h4-10H,11H2,1-3H3,(H,28,29). The van der Waals surface area contributed by atoms with Gasteiger partial charge in [0.2, 0.25) is 0 Å². The minimum atomic E-state index is -1.09. The third-order valence-electron chi connectivity index (χ3n) is 5.84. The summed E-state index contributed by atoms with van der Waals surface area (Å²) in [4.78, 5) is 23.2. The number of fused-ring (bicyclic) bond motifs is 3. The van der Waals surface area contributed by atoms with Gasteiger partial charge in [-0.2, -0.15) is 0 Å². The second-order valence-corrected chi connectivity index (χ2v) is 7.74. The Morgan fingerprint density at radius 1 is 1.00 bits per heavy atom. The van der Waals surface area contributed by atoms with E-state index in [0.29, 0.717) is 27.8 Å². The molecular weight excluding hydrogens is 449 g/mol. The number of hydrogen-bond acceptors (Lipinski definition) is 4. The van der Waals surface area contributed by atoms with Gasteiger partial charge < -0.3 is 14.5 Å². The average Bonchev–Trinajstić information content (AvgIpc) is 3.31. The van der Waals surface area contributed by atoms with Gasteiger partial charge in [0, 0.05) is 29.4 Å². The number of aromatic amines is 1. The van der Waals surface area contributed by atoms with E-state index in [9.17, 15) is 4.79 Å². The summed E-state index contributed by atoms with van der Waals surface area (Å²) in [7, 11) is 2.43. The monoisotopic (exact) mass is 468 g/mol. The van der Waals surface area contributed by atoms with Crippen molar-refractivity contribution in [2.24, 2.45) is 0 Å². The zero-order valence-electron chi connectivity index (χ0n) is 18.4. The van der Waals surface area contributed by atoms with E-state index in [4.69, 9.17) is 9.47 Å². The number of carbonyl (C=O) groups excluding carboxylic acids is 1. The summed E-state index contributed by atoms with van der Waals surface area (Å²) < 4.78 is 56.0. The molecule has 2 aromatic heterocycles. The van der Waals surface area contributed by atoms with Gasteiger partial charge in [0.05, 0.1) is 32.1 Å². The second-order valence-electron chi connectivity index (χ2n) is 7.74. The number of anilines is 3. The number of aryl methyl sites for hydroxylation is 1. The van der Waals surface area contributed by atoms with Crippen molar-refractivity contribution in [3.8, 4) is 11.5 Å². The van der Waals surface area contributed by atoms with E-state index in [1.165, 1.54) is 26.5 Å². The second kappa shape index (κ2) is 7.98. The van der Waals surface area contributed by atoms with Gasteiger partial charge in [-0.3, -0.25) is 9.80 Å². The van der Waals surface area contributed by atoms with Gasteiger partial charge in [-0.25, -0.2) is 22.9 Å². The lowest BCUT2D eigenvalue weighted by atomic mass is 10.1. The lowest BCUT2D eigenvalue weighted by molar-refractivity contribution is 0.251. The van der Waals surface area contributed by atoms with Crippen molar-refractivity contribution in [2.75, 3.05) is 24.0 Å². The molecule has 0 aliphatic carbocycles. The SMILES string of the molecule is COc1cc(OC)c(F)c(N2Cc3cnc4[nH]ccc4c3N(c3cccc(C)c3F)C2=O)c1F. The first-order valence-electron chi connectivity index (χ1n) is 10.3. The Morgan fingerprint density at radius 2 is 1.71 bits per heavy atom. The number of amides is 2. The molecule has 0 atom stereocenters. The third-order valence-corrected chi connectivity index (χ3v) is 5.84. The van der Waals surface area contributed by atoms with E-state index < -0.39 is 29.2 Å². The summed E-state index contributed by atoms with van der Waals surface area (Å²) in [5.41, 5.74) is 0.919. The summed E-state index contributed by atoms with van der Waals surface area (Å²) in [6.07, 6.45) is 3.13. The maximum Gasteiger partial charge on any atom is 0.334 e. The molecule has 1 N–H and O–H groups in total. The maximum atomic E-state index is 15.3. The molecular formula is C24H19F3N4O3. The van der Waals surface area contributed by atoms with Crippen LogP contribution in [0.1, 0.15) is 11.1 Å². The van der Waals surface area contributed by atoms with Crippen molar-refractivity contribution in [1.29, 1.82) is 0 Å². The summed E-state index contributed by atoms with van der Waals surface area (Å²) in [5.74, 6) is -3.41. The molecule has 1 aliphatic heterocycles. The molecule has 0 saturated heterocycles. The first-order chi connectivity index (χ1) is 16.4. The van der Waals surface area contributed by atoms with Crippen LogP contribution in [0.3, 0.4) is 0 Å². The van der Waals surface area contributed by atoms with Gasteiger partial charge >= 0.3 is 6.03 Å². The van der Waals surface area contributed by atoms with Gasteiger partial charge in [-0.05, 0) is 24.6 Å². The molecule has 2 aromatic carbocycles. The highest BCUT2D eigenvalue weighted by atomic mass is 19.1. The third kappa shape index (κ3) is 3.06. The quantitative estimate of drug-likeness (QED) is 0.424. The van der Waals surface area contributed by atoms with Gasteiger partial charge in [-0.1, -0.05) is 12.1 Å². The van der Waals surface area contributed by atoms with Crippen molar-refractivity contribution in [3.63, 3.8) is 0 Å². The number of aromatic nitrogens is 2. The lowest BCUT2D eigenvalue weighted by Crippen LogP contribution is -2.46. The highest BCUT2D eigenvalue weighted by Gasteiger charge is 2.39. The minimum absolute atomic E-state index is 0.0553. The maximum absolute atomic E-state index is 15.3. The predicted octanol–water partition coefficient (Wildman–Crippen LogP) is 5.58. The Bertz CT molecular complexity index is 1430. The Kier molecular flexibility index (Phi) is 5.07. The van der Waals surface area contributed by atoms with E-state index in [1.807, 2.05) is 0 Å². The van der Waals surface area contributed by atoms with Crippen LogP contribution in [0.25, 0.3) is 11.0 Å². The normalized spacial score (nSPS) is 13.4. The number of pyridine rings is 1. The molecule has 3 heterocycles. The van der Waals surface area contributed by atoms with Crippen LogP contribution in [0.4, 0.5) is 35.0 Å². The van der Waals surface area contributed by atoms with Crippen LogP contribution < -0.4 is 19.3 Å². The zero-order valence-corrected chi connectivity index (χ0v) is 18.4. The van der Waals surface area contributed by atoms with Crippen molar-refractivity contribution >= 4 is 34.1 Å². The number of benzene rings is 2. The first-order valence-corrected chi connectivity index (χ1v) is 10.3. The Balaban J connectivity index is 1.80. The van der Waals surface area contributed by atoms with Crippen LogP contribution in [0.15, 0.2) is 42.7 Å². The van der Waals surface area contributed by atoms with Crippen LogP contribution in [0.2, 0.25) is 0 Å². The zero-order chi connectivity index (χ0) is 24.1. The van der Waals surface area contributed by atoms with Crippen molar-refractivity contribution in [2.45, 2.75) is 13.5 Å². The van der Waals surface area contributed by atoms with Crippen molar-refractivity contribution in [1.82, 2.24) is 9.97 Å². The number of carbonyl (C=O) groups is 1. The fourth-order valence-corrected chi connectivity index (χ4v) is 4.18. The van der Waals surface area contributed by atoms with Gasteiger partial charge in [0.15, 0.2) is 23.1 Å². The van der Waals surface area contributed by atoms with Gasteiger partial charge in [-0.15, -0.1) is 0 Å². The molecule has 10 heteroatoms. The molecule has 0 saturated carbocycles. The van der Waals surface area contributed by atoms with E-state index >= 15 is 13.2 Å². The molecule has 0 spiro atoms. The molecule has 2 amide bonds. The molecule has 0 unspecified atom stereocenters. The van der Waals surface area contributed by atoms with E-state index in [0.717, 1.165) is 15.9 Å². The van der Waals surface area contributed by atoms with Crippen molar-refractivity contribution in [3.05, 3.63) is 71.3 Å². The van der Waals surface area contributed by atoms with Gasteiger partial charge in [0.25, 0.3) is 0 Å². The Labute approximate surface area is 192 Å². The highest BCUT2D eigenvalue weighted by Crippen LogP contribution is 2.45. The lowest BCUT2D eigenvalue weighted by Gasteiger charge is -2.37. The molecule has 34 heavy (non-hydrogen) atoms. The van der Waals surface area contributed by atoms with E-state index in [2.05, 4.69) is 9.97 Å². The Morgan fingerprint density at radius 3 is 2.38 bits per heavy atom. The number of H-pyrrole nitrogens is 1. The first kappa shape index (κ1) is 21.6. The van der Waals surface area contributed by atoms with Crippen molar-refractivity contribution < 1.29 is 27.4 Å². The summed E-state index contributed by atoms with van der Waals surface area (Å²) in [6, 6.07) is 6.52. The number of methoxy groups -OCH3 is 2. The minimum Gasteiger partial charge on any atom is -0.493 e. The molecule has 174 valence electrons. The number of halogens is 3. The largest absolute Gasteiger partial charge is 0.493 e. The molecule has 7 nitrogen and oxygen atoms in total. The van der Waals surface area contributed by atoms with Crippen LogP contribution >= 0.6 is 0 Å². The fourth-order valence-electron chi connectivity index (χ4n) is 4.18. The summed E-state index contributed by atoms with van der Waals surface area (Å²) in [5, 5.41) is 0.565. The highest BCUT2D eigenvalue weighted by molar-refractivity contribution is 6.15. The molecule has 5 rings (SSSR count). The van der Waals surface area contributed by atoms with Gasteiger partial charge in [0.1, 0.15) is 17.2 Å². The molecule has 4 aromatic rings. The van der Waals surface area contributed by atoms with Crippen LogP contribution in [-0.4, -0.2) is 30.2 Å². The predicted molar refractivity (Wildman–Crippen MR) is 120 cm³/mol. The van der Waals surface area contributed by atoms with Crippen LogP contribution in [0, 0.1) is 24.4 Å². The Hall–Kier alpha value is -4.21. The molecule has 1 aliphatic rings.